The maximum Gasteiger partial charge on any atom is 0.328 e. The molecule has 0 radical (unpaired) electrons. The largest absolute Gasteiger partial charge is 0.486 e. The molecule has 32 heavy (non-hydrogen) atoms. The standard InChI is InChI=1S/C19H22N2O3.C4H4O4/c1-20(2)16-8-7-14-5-3-4-6-18(14)19(13-16)24-17-11-9-15(10-12-17)21(22)23;5-3(6)1-2-4(7)8/h3-6,9-12,16,19H,7-8,13H2,1-2H3;1-2H,(H,5,6)(H,7,8). The Morgan fingerprint density at radius 3 is 2.19 bits per heavy atom. The van der Waals surface area contributed by atoms with Crippen molar-refractivity contribution < 1.29 is 29.5 Å². The summed E-state index contributed by atoms with van der Waals surface area (Å²) >= 11 is 0. The van der Waals surface area contributed by atoms with Gasteiger partial charge in [0.25, 0.3) is 5.69 Å². The van der Waals surface area contributed by atoms with E-state index in [1.165, 1.54) is 23.3 Å². The van der Waals surface area contributed by atoms with Gasteiger partial charge in [-0.15, -0.1) is 0 Å². The number of aryl methyl sites for hydroxylation is 1. The number of fused-ring (bicyclic) bond motifs is 1. The minimum Gasteiger partial charge on any atom is -0.486 e. The first kappa shape index (κ1) is 24.5. The van der Waals surface area contributed by atoms with Crippen LogP contribution in [0.4, 0.5) is 5.69 Å². The lowest BCUT2D eigenvalue weighted by molar-refractivity contribution is -0.384. The van der Waals surface area contributed by atoms with Crippen LogP contribution in [0.5, 0.6) is 5.75 Å². The molecule has 9 nitrogen and oxygen atoms in total. The zero-order valence-corrected chi connectivity index (χ0v) is 17.9. The smallest absolute Gasteiger partial charge is 0.328 e. The molecular formula is C23H26N2O7. The topological polar surface area (TPSA) is 130 Å². The summed E-state index contributed by atoms with van der Waals surface area (Å²) in [7, 11) is 4.20. The summed E-state index contributed by atoms with van der Waals surface area (Å²) in [5, 5.41) is 26.4. The average molecular weight is 442 g/mol. The van der Waals surface area contributed by atoms with E-state index in [4.69, 9.17) is 14.9 Å². The van der Waals surface area contributed by atoms with E-state index in [-0.39, 0.29) is 11.8 Å². The van der Waals surface area contributed by atoms with Crippen LogP contribution < -0.4 is 4.74 Å². The molecule has 170 valence electrons. The third-order valence-corrected chi connectivity index (χ3v) is 5.06. The molecule has 2 aromatic carbocycles. The molecule has 0 saturated carbocycles. The van der Waals surface area contributed by atoms with E-state index >= 15 is 0 Å². The van der Waals surface area contributed by atoms with Crippen molar-refractivity contribution in [2.24, 2.45) is 0 Å². The number of hydrogen-bond donors (Lipinski definition) is 2. The van der Waals surface area contributed by atoms with Gasteiger partial charge in [0, 0.05) is 36.7 Å². The Morgan fingerprint density at radius 1 is 1.06 bits per heavy atom. The quantitative estimate of drug-likeness (QED) is 0.300. The maximum absolute atomic E-state index is 10.8. The van der Waals surface area contributed by atoms with Crippen molar-refractivity contribution in [3.63, 3.8) is 0 Å². The molecule has 1 aliphatic rings. The number of nitrogens with zero attached hydrogens (tertiary/aromatic N) is 2. The van der Waals surface area contributed by atoms with Crippen molar-refractivity contribution in [2.45, 2.75) is 31.4 Å². The number of carboxylic acid groups (broad SMARTS) is 2. The number of ether oxygens (including phenoxy) is 1. The van der Waals surface area contributed by atoms with Crippen molar-refractivity contribution >= 4 is 17.6 Å². The SMILES string of the molecule is CN(C)C1CCc2ccccc2C(Oc2ccc([N+](=O)[O-])cc2)C1.O=C(O)C=CC(=O)O. The molecule has 2 unspecified atom stereocenters. The Labute approximate surface area is 185 Å². The average Bonchev–Trinajstić information content (AvgIpc) is 2.93. The molecule has 2 aromatic rings. The van der Waals surface area contributed by atoms with Gasteiger partial charge in [0.05, 0.1) is 4.92 Å². The van der Waals surface area contributed by atoms with Gasteiger partial charge in [-0.3, -0.25) is 10.1 Å². The number of rotatable bonds is 6. The van der Waals surface area contributed by atoms with Gasteiger partial charge in [-0.2, -0.15) is 0 Å². The highest BCUT2D eigenvalue weighted by Crippen LogP contribution is 2.34. The van der Waals surface area contributed by atoms with E-state index in [0.29, 0.717) is 23.9 Å². The van der Waals surface area contributed by atoms with E-state index in [1.54, 1.807) is 12.1 Å². The molecule has 9 heteroatoms. The molecule has 2 N–H and O–H groups in total. The minimum absolute atomic E-state index is 0.0439. The molecule has 0 amide bonds. The fourth-order valence-corrected chi connectivity index (χ4v) is 3.42. The second-order valence-corrected chi connectivity index (χ2v) is 7.46. The van der Waals surface area contributed by atoms with E-state index in [0.717, 1.165) is 19.3 Å². The monoisotopic (exact) mass is 442 g/mol. The van der Waals surface area contributed by atoms with Gasteiger partial charge in [0.1, 0.15) is 11.9 Å². The van der Waals surface area contributed by atoms with Gasteiger partial charge >= 0.3 is 11.9 Å². The van der Waals surface area contributed by atoms with Crippen molar-refractivity contribution in [2.75, 3.05) is 14.1 Å². The summed E-state index contributed by atoms with van der Waals surface area (Å²) < 4.78 is 6.23. The Balaban J connectivity index is 0.000000390. The lowest BCUT2D eigenvalue weighted by Gasteiger charge is -2.27. The number of nitro benzene ring substituents is 1. The van der Waals surface area contributed by atoms with Crippen LogP contribution in [0.25, 0.3) is 0 Å². The second kappa shape index (κ2) is 11.6. The fraction of sp³-hybridized carbons (Fsp3) is 0.304. The van der Waals surface area contributed by atoms with E-state index < -0.39 is 16.9 Å². The van der Waals surface area contributed by atoms with Crippen LogP contribution in [0, 0.1) is 10.1 Å². The van der Waals surface area contributed by atoms with Crippen LogP contribution >= 0.6 is 0 Å². The highest BCUT2D eigenvalue weighted by atomic mass is 16.6. The van der Waals surface area contributed by atoms with Crippen molar-refractivity contribution in [3.8, 4) is 5.75 Å². The number of carboxylic acids is 2. The Morgan fingerprint density at radius 2 is 1.66 bits per heavy atom. The summed E-state index contributed by atoms with van der Waals surface area (Å²) in [6.45, 7) is 0. The van der Waals surface area contributed by atoms with Gasteiger partial charge in [-0.25, -0.2) is 9.59 Å². The lowest BCUT2D eigenvalue weighted by atomic mass is 10.0. The van der Waals surface area contributed by atoms with Crippen LogP contribution in [-0.2, 0) is 16.0 Å². The predicted octanol–water partition coefficient (Wildman–Crippen LogP) is 3.69. The number of carbonyl (C=O) groups is 2. The molecule has 1 aliphatic carbocycles. The van der Waals surface area contributed by atoms with Gasteiger partial charge in [-0.1, -0.05) is 24.3 Å². The van der Waals surface area contributed by atoms with Gasteiger partial charge in [0.2, 0.25) is 0 Å². The van der Waals surface area contributed by atoms with Gasteiger partial charge in [0.15, 0.2) is 0 Å². The number of hydrogen-bond acceptors (Lipinski definition) is 6. The van der Waals surface area contributed by atoms with E-state index in [9.17, 15) is 19.7 Å². The highest BCUT2D eigenvalue weighted by molar-refractivity contribution is 5.89. The van der Waals surface area contributed by atoms with Gasteiger partial charge in [-0.05, 0) is 50.2 Å². The molecule has 0 spiro atoms. The molecule has 0 aliphatic heterocycles. The molecule has 2 atom stereocenters. The van der Waals surface area contributed by atoms with Crippen molar-refractivity contribution in [1.82, 2.24) is 4.90 Å². The van der Waals surface area contributed by atoms with E-state index in [1.807, 2.05) is 6.07 Å². The first-order chi connectivity index (χ1) is 15.2. The van der Waals surface area contributed by atoms with Crippen LogP contribution in [-0.4, -0.2) is 52.1 Å². The van der Waals surface area contributed by atoms with E-state index in [2.05, 4.69) is 37.2 Å². The van der Waals surface area contributed by atoms with Crippen molar-refractivity contribution in [3.05, 3.63) is 81.9 Å². The van der Waals surface area contributed by atoms with Crippen LogP contribution in [0.15, 0.2) is 60.7 Å². The number of benzene rings is 2. The molecular weight excluding hydrogens is 416 g/mol. The van der Waals surface area contributed by atoms with Crippen molar-refractivity contribution in [1.29, 1.82) is 0 Å². The molecule has 0 aromatic heterocycles. The van der Waals surface area contributed by atoms with Crippen LogP contribution in [0.3, 0.4) is 0 Å². The Hall–Kier alpha value is -3.72. The molecule has 0 fully saturated rings. The first-order valence-electron chi connectivity index (χ1n) is 9.96. The third-order valence-electron chi connectivity index (χ3n) is 5.06. The molecule has 0 heterocycles. The normalized spacial score (nSPS) is 17.6. The number of non-ortho nitro benzene ring substituents is 1. The number of nitro groups is 1. The first-order valence-corrected chi connectivity index (χ1v) is 9.96. The Bertz CT molecular complexity index is 955. The highest BCUT2D eigenvalue weighted by Gasteiger charge is 2.27. The lowest BCUT2D eigenvalue weighted by Crippen LogP contribution is -2.30. The van der Waals surface area contributed by atoms with Crippen LogP contribution in [0.2, 0.25) is 0 Å². The fourth-order valence-electron chi connectivity index (χ4n) is 3.42. The summed E-state index contributed by atoms with van der Waals surface area (Å²) in [5.41, 5.74) is 2.63. The summed E-state index contributed by atoms with van der Waals surface area (Å²) in [5.74, 6) is -1.85. The molecule has 3 rings (SSSR count). The second-order valence-electron chi connectivity index (χ2n) is 7.46. The zero-order chi connectivity index (χ0) is 23.7. The minimum atomic E-state index is -1.26. The zero-order valence-electron chi connectivity index (χ0n) is 17.9. The number of aliphatic carboxylic acids is 2. The predicted molar refractivity (Wildman–Crippen MR) is 118 cm³/mol. The molecule has 0 bridgehead atoms. The maximum atomic E-state index is 10.8. The summed E-state index contributed by atoms with van der Waals surface area (Å²) in [6, 6.07) is 15.2. The molecule has 0 saturated heterocycles. The van der Waals surface area contributed by atoms with Crippen LogP contribution in [0.1, 0.15) is 30.1 Å². The summed E-state index contributed by atoms with van der Waals surface area (Å²) in [4.78, 5) is 31.7. The van der Waals surface area contributed by atoms with Gasteiger partial charge < -0.3 is 19.8 Å². The third kappa shape index (κ3) is 7.51. The Kier molecular flexibility index (Phi) is 8.91. The summed E-state index contributed by atoms with van der Waals surface area (Å²) in [6.07, 6.45) is 4.12.